The number of aromatic amines is 1. The summed E-state index contributed by atoms with van der Waals surface area (Å²) in [6.45, 7) is 4.16. The van der Waals surface area contributed by atoms with Gasteiger partial charge in [-0.15, -0.1) is 0 Å². The molecule has 1 fully saturated rings. The number of pyridine rings is 1. The number of hydrogen-bond donors (Lipinski definition) is 4. The summed E-state index contributed by atoms with van der Waals surface area (Å²) in [5.74, 6) is 0.665. The lowest BCUT2D eigenvalue weighted by Gasteiger charge is -2.24. The van der Waals surface area contributed by atoms with E-state index in [-0.39, 0.29) is 11.9 Å². The molecule has 8 heteroatoms. The van der Waals surface area contributed by atoms with Crippen molar-refractivity contribution in [3.05, 3.63) is 70.6 Å². The smallest absolute Gasteiger partial charge is 0.268 e. The summed E-state index contributed by atoms with van der Waals surface area (Å²) < 4.78 is 5.44. The van der Waals surface area contributed by atoms with Crippen LogP contribution in [-0.4, -0.2) is 48.7 Å². The van der Waals surface area contributed by atoms with Crippen LogP contribution in [0.25, 0.3) is 11.1 Å². The predicted molar refractivity (Wildman–Crippen MR) is 132 cm³/mol. The van der Waals surface area contributed by atoms with E-state index < -0.39 is 0 Å². The number of likely N-dealkylation sites (N-methyl/N-ethyl adjacent to an activating group) is 1. The minimum absolute atomic E-state index is 0.172. The molecule has 3 heterocycles. The van der Waals surface area contributed by atoms with E-state index in [1.165, 1.54) is 0 Å². The topological polar surface area (TPSA) is 91.1 Å². The molecule has 1 aliphatic rings. The number of halogens is 1. The number of carbonyl (C=O) groups excluding carboxylic acids is 1. The molecule has 1 aromatic carbocycles. The van der Waals surface area contributed by atoms with Gasteiger partial charge in [0, 0.05) is 48.8 Å². The van der Waals surface area contributed by atoms with Crippen LogP contribution < -0.4 is 16.0 Å². The third-order valence-corrected chi connectivity index (χ3v) is 6.11. The van der Waals surface area contributed by atoms with Gasteiger partial charge in [-0.1, -0.05) is 23.7 Å². The number of H-pyrrole nitrogens is 1. The normalized spacial score (nSPS) is 15.2. The Balaban J connectivity index is 1.49. The van der Waals surface area contributed by atoms with Gasteiger partial charge in [-0.05, 0) is 67.8 Å². The summed E-state index contributed by atoms with van der Waals surface area (Å²) in [7, 11) is 1.86. The molecule has 1 amide bonds. The minimum Gasteiger partial charge on any atom is -0.381 e. The second-order valence-electron chi connectivity index (χ2n) is 8.36. The zero-order valence-electron chi connectivity index (χ0n) is 19.0. The number of anilines is 1. The third-order valence-electron chi connectivity index (χ3n) is 5.88. The van der Waals surface area contributed by atoms with Gasteiger partial charge in [0.05, 0.1) is 6.04 Å². The highest BCUT2D eigenvalue weighted by Crippen LogP contribution is 2.27. The number of hydrogen-bond acceptors (Lipinski definition) is 5. The molecule has 0 saturated carbocycles. The maximum Gasteiger partial charge on any atom is 0.268 e. The molecule has 0 radical (unpaired) electrons. The van der Waals surface area contributed by atoms with Gasteiger partial charge in [0.25, 0.3) is 5.91 Å². The number of nitrogens with one attached hydrogen (secondary N) is 4. The summed E-state index contributed by atoms with van der Waals surface area (Å²) >= 11 is 6.15. The van der Waals surface area contributed by atoms with Gasteiger partial charge < -0.3 is 25.7 Å². The Morgan fingerprint density at radius 2 is 2.09 bits per heavy atom. The van der Waals surface area contributed by atoms with Gasteiger partial charge in [0.15, 0.2) is 0 Å². The van der Waals surface area contributed by atoms with Crippen LogP contribution in [0.4, 0.5) is 5.82 Å². The van der Waals surface area contributed by atoms with Crippen molar-refractivity contribution >= 4 is 23.3 Å². The van der Waals surface area contributed by atoms with Crippen molar-refractivity contribution < 1.29 is 9.53 Å². The van der Waals surface area contributed by atoms with E-state index in [4.69, 9.17) is 16.3 Å². The van der Waals surface area contributed by atoms with E-state index in [1.54, 1.807) is 0 Å². The number of aryl methyl sites for hydroxylation is 1. The monoisotopic (exact) mass is 467 g/mol. The molecule has 33 heavy (non-hydrogen) atoms. The van der Waals surface area contributed by atoms with Crippen LogP contribution in [0.1, 0.15) is 40.5 Å². The SMILES string of the molecule is CNCC(NC(=O)c1cc(-c2cc(NC3CCOCC3)ncc2C)c[nH]1)c1cccc(Cl)c1. The van der Waals surface area contributed by atoms with Crippen LogP contribution in [0.5, 0.6) is 0 Å². The number of benzene rings is 1. The number of aromatic nitrogens is 2. The molecule has 0 bridgehead atoms. The van der Waals surface area contributed by atoms with Gasteiger partial charge in [0.1, 0.15) is 11.5 Å². The van der Waals surface area contributed by atoms with Crippen molar-refractivity contribution in [1.29, 1.82) is 0 Å². The predicted octanol–water partition coefficient (Wildman–Crippen LogP) is 4.32. The molecule has 1 unspecified atom stereocenters. The van der Waals surface area contributed by atoms with Crippen LogP contribution in [0.2, 0.25) is 5.02 Å². The third kappa shape index (κ3) is 5.93. The molecule has 174 valence electrons. The van der Waals surface area contributed by atoms with Crippen molar-refractivity contribution in [2.75, 3.05) is 32.1 Å². The Labute approximate surface area is 199 Å². The second-order valence-corrected chi connectivity index (χ2v) is 8.79. The zero-order valence-corrected chi connectivity index (χ0v) is 19.7. The molecule has 2 aromatic heterocycles. The molecule has 3 aromatic rings. The largest absolute Gasteiger partial charge is 0.381 e. The lowest BCUT2D eigenvalue weighted by Crippen LogP contribution is -2.34. The number of amides is 1. The molecule has 4 rings (SSSR count). The van der Waals surface area contributed by atoms with Crippen LogP contribution >= 0.6 is 11.6 Å². The van der Waals surface area contributed by atoms with Gasteiger partial charge >= 0.3 is 0 Å². The fourth-order valence-electron chi connectivity index (χ4n) is 4.06. The minimum atomic E-state index is -0.203. The number of carbonyl (C=O) groups is 1. The summed E-state index contributed by atoms with van der Waals surface area (Å²) in [4.78, 5) is 20.7. The molecule has 0 spiro atoms. The molecular formula is C25H30ClN5O2. The van der Waals surface area contributed by atoms with E-state index in [0.717, 1.165) is 54.1 Å². The first-order chi connectivity index (χ1) is 16.0. The Morgan fingerprint density at radius 3 is 2.85 bits per heavy atom. The Morgan fingerprint density at radius 1 is 1.27 bits per heavy atom. The first-order valence-corrected chi connectivity index (χ1v) is 11.6. The van der Waals surface area contributed by atoms with Crippen LogP contribution in [0.15, 0.2) is 48.8 Å². The summed E-state index contributed by atoms with van der Waals surface area (Å²) in [5, 5.41) is 10.4. The summed E-state index contributed by atoms with van der Waals surface area (Å²) in [5.41, 5.74) is 4.49. The lowest BCUT2D eigenvalue weighted by molar-refractivity contribution is 0.0903. The first-order valence-electron chi connectivity index (χ1n) is 11.2. The summed E-state index contributed by atoms with van der Waals surface area (Å²) in [6, 6.07) is 11.6. The quantitative estimate of drug-likeness (QED) is 0.396. The molecular weight excluding hydrogens is 438 g/mol. The molecule has 1 atom stereocenters. The van der Waals surface area contributed by atoms with E-state index in [9.17, 15) is 4.79 Å². The highest BCUT2D eigenvalue weighted by atomic mass is 35.5. The first kappa shape index (κ1) is 23.3. The van der Waals surface area contributed by atoms with Crippen molar-refractivity contribution in [2.45, 2.75) is 31.8 Å². The van der Waals surface area contributed by atoms with Crippen molar-refractivity contribution in [3.8, 4) is 11.1 Å². The lowest BCUT2D eigenvalue weighted by atomic mass is 10.0. The average Bonchev–Trinajstić information content (AvgIpc) is 3.31. The second kappa shape index (κ2) is 10.8. The van der Waals surface area contributed by atoms with Crippen LogP contribution in [0, 0.1) is 6.92 Å². The van der Waals surface area contributed by atoms with E-state index in [0.29, 0.717) is 23.3 Å². The highest BCUT2D eigenvalue weighted by Gasteiger charge is 2.18. The maximum atomic E-state index is 13.0. The maximum absolute atomic E-state index is 13.0. The van der Waals surface area contributed by atoms with Gasteiger partial charge in [0.2, 0.25) is 0 Å². The number of rotatable bonds is 8. The van der Waals surface area contributed by atoms with Crippen LogP contribution in [0.3, 0.4) is 0 Å². The van der Waals surface area contributed by atoms with Gasteiger partial charge in [-0.25, -0.2) is 4.98 Å². The number of ether oxygens (including phenoxy) is 1. The number of nitrogens with zero attached hydrogens (tertiary/aromatic N) is 1. The van der Waals surface area contributed by atoms with Gasteiger partial charge in [-0.2, -0.15) is 0 Å². The summed E-state index contributed by atoms with van der Waals surface area (Å²) in [6.07, 6.45) is 5.67. The Hall–Kier alpha value is -2.87. The molecule has 0 aliphatic carbocycles. The van der Waals surface area contributed by atoms with E-state index in [1.807, 2.05) is 62.8 Å². The van der Waals surface area contributed by atoms with E-state index in [2.05, 4.69) is 25.9 Å². The van der Waals surface area contributed by atoms with Crippen LogP contribution in [-0.2, 0) is 4.74 Å². The molecule has 1 aliphatic heterocycles. The zero-order chi connectivity index (χ0) is 23.2. The van der Waals surface area contributed by atoms with E-state index >= 15 is 0 Å². The average molecular weight is 468 g/mol. The molecule has 7 nitrogen and oxygen atoms in total. The van der Waals surface area contributed by atoms with Crippen molar-refractivity contribution in [3.63, 3.8) is 0 Å². The Bertz CT molecular complexity index is 1090. The van der Waals surface area contributed by atoms with Gasteiger partial charge in [-0.3, -0.25) is 4.79 Å². The standard InChI is InChI=1S/C25H30ClN5O2/c1-16-13-29-24(30-20-6-8-33-9-7-20)12-21(16)18-11-22(28-14-18)25(32)31-23(15-27-2)17-4-3-5-19(26)10-17/h3-5,10-14,20,23,27-28H,6-9,15H2,1-2H3,(H,29,30)(H,31,32). The molecule has 4 N–H and O–H groups in total. The van der Waals surface area contributed by atoms with Crippen molar-refractivity contribution in [1.82, 2.24) is 20.6 Å². The fraction of sp³-hybridized carbons (Fsp3) is 0.360. The Kier molecular flexibility index (Phi) is 7.65. The fourth-order valence-corrected chi connectivity index (χ4v) is 4.26. The highest BCUT2D eigenvalue weighted by molar-refractivity contribution is 6.30. The van der Waals surface area contributed by atoms with Crippen molar-refractivity contribution in [2.24, 2.45) is 0 Å². The molecule has 1 saturated heterocycles.